The van der Waals surface area contributed by atoms with Crippen LogP contribution in [-0.2, 0) is 4.74 Å². The van der Waals surface area contributed by atoms with E-state index in [4.69, 9.17) is 10.5 Å². The van der Waals surface area contributed by atoms with Gasteiger partial charge >= 0.3 is 0 Å². The predicted molar refractivity (Wildman–Crippen MR) is 87.5 cm³/mol. The summed E-state index contributed by atoms with van der Waals surface area (Å²) in [6.07, 6.45) is -8.36. The van der Waals surface area contributed by atoms with Gasteiger partial charge in [-0.15, -0.1) is 0 Å². The van der Waals surface area contributed by atoms with Gasteiger partial charge in [0, 0.05) is 0 Å². The highest BCUT2D eigenvalue weighted by molar-refractivity contribution is 5.70. The number of nitrogens with zero attached hydrogens (tertiary/aromatic N) is 4. The van der Waals surface area contributed by atoms with Crippen molar-refractivity contribution in [3.8, 4) is 0 Å². The summed E-state index contributed by atoms with van der Waals surface area (Å²) in [5, 5.41) is 30.8. The molecule has 1 unspecified atom stereocenters. The molecule has 160 valence electrons. The van der Waals surface area contributed by atoms with Crippen molar-refractivity contribution in [2.45, 2.75) is 30.6 Å². The summed E-state index contributed by atoms with van der Waals surface area (Å²) in [7, 11) is 0. The molecule has 5 atom stereocenters. The Labute approximate surface area is 162 Å². The number of rotatable bonds is 3. The Balaban J connectivity index is 1.72. The molecule has 15 heteroatoms. The SMILES string of the molecule is Nc1nc2c(ncn2[C@@H]2O[C@H](C(O)c3nc(F)c(F)c(F)c3F)[C@@H](O)[C@H]2O)c(=O)[nH]1. The van der Waals surface area contributed by atoms with Crippen LogP contribution in [0.15, 0.2) is 11.1 Å². The summed E-state index contributed by atoms with van der Waals surface area (Å²) in [5.74, 6) is -8.72. The van der Waals surface area contributed by atoms with Crippen LogP contribution in [-0.4, -0.2) is 58.1 Å². The van der Waals surface area contributed by atoms with E-state index in [2.05, 4.69) is 19.9 Å². The monoisotopic (exact) mass is 432 g/mol. The standard InChI is InChI=1S/C15H12F4N6O5/c16-2-3(17)5(22-11(19)4(2)18)7(26)10-8(27)9(28)14(30-10)25-1-21-6-12(25)23-15(20)24-13(6)29/h1,7-10,14,26-28H,(H3,20,23,24,29)/t7?,8-,9+,10+,14+/m0/s1. The molecule has 6 N–H and O–H groups in total. The third-order valence-corrected chi connectivity index (χ3v) is 4.60. The average molecular weight is 432 g/mol. The van der Waals surface area contributed by atoms with E-state index in [1.165, 1.54) is 0 Å². The zero-order chi connectivity index (χ0) is 21.9. The lowest BCUT2D eigenvalue weighted by Crippen LogP contribution is -2.35. The first-order chi connectivity index (χ1) is 14.1. The molecule has 3 aromatic heterocycles. The van der Waals surface area contributed by atoms with Gasteiger partial charge in [-0.25, -0.2) is 18.7 Å². The highest BCUT2D eigenvalue weighted by Crippen LogP contribution is 2.37. The fraction of sp³-hybridized carbons (Fsp3) is 0.333. The van der Waals surface area contributed by atoms with Crippen LogP contribution in [0.4, 0.5) is 23.5 Å². The van der Waals surface area contributed by atoms with Gasteiger partial charge in [-0.3, -0.25) is 14.3 Å². The first-order valence-corrected chi connectivity index (χ1v) is 8.23. The predicted octanol–water partition coefficient (Wildman–Crippen LogP) is -0.994. The van der Waals surface area contributed by atoms with Crippen molar-refractivity contribution in [1.82, 2.24) is 24.5 Å². The number of nitrogens with two attached hydrogens (primary N) is 1. The van der Waals surface area contributed by atoms with E-state index in [0.29, 0.717) is 0 Å². The number of nitrogens with one attached hydrogen (secondary N) is 1. The van der Waals surface area contributed by atoms with Crippen LogP contribution in [0.1, 0.15) is 18.0 Å². The number of ether oxygens (including phenoxy) is 1. The molecule has 1 fully saturated rings. The third kappa shape index (κ3) is 2.90. The summed E-state index contributed by atoms with van der Waals surface area (Å²) >= 11 is 0. The lowest BCUT2D eigenvalue weighted by molar-refractivity contribution is -0.0874. The number of aromatic amines is 1. The van der Waals surface area contributed by atoms with Crippen LogP contribution < -0.4 is 11.3 Å². The number of anilines is 1. The number of hydrogen-bond acceptors (Lipinski definition) is 9. The van der Waals surface area contributed by atoms with E-state index >= 15 is 0 Å². The van der Waals surface area contributed by atoms with Gasteiger partial charge in [0.1, 0.15) is 30.1 Å². The van der Waals surface area contributed by atoms with Crippen molar-refractivity contribution < 1.29 is 37.6 Å². The van der Waals surface area contributed by atoms with E-state index in [0.717, 1.165) is 10.9 Å². The zero-order valence-electron chi connectivity index (χ0n) is 14.5. The maximum atomic E-state index is 14.0. The molecule has 30 heavy (non-hydrogen) atoms. The molecule has 0 aromatic carbocycles. The molecule has 3 aromatic rings. The minimum Gasteiger partial charge on any atom is -0.387 e. The maximum Gasteiger partial charge on any atom is 0.280 e. The maximum absolute atomic E-state index is 14.0. The van der Waals surface area contributed by atoms with Crippen molar-refractivity contribution in [1.29, 1.82) is 0 Å². The van der Waals surface area contributed by atoms with Gasteiger partial charge in [0.15, 0.2) is 23.2 Å². The zero-order valence-corrected chi connectivity index (χ0v) is 14.5. The van der Waals surface area contributed by atoms with Crippen molar-refractivity contribution >= 4 is 17.1 Å². The highest BCUT2D eigenvalue weighted by Gasteiger charge is 2.49. The van der Waals surface area contributed by atoms with Crippen LogP contribution in [0.5, 0.6) is 0 Å². The molecule has 1 saturated heterocycles. The minimum atomic E-state index is -2.31. The lowest BCUT2D eigenvalue weighted by atomic mass is 10.0. The summed E-state index contributed by atoms with van der Waals surface area (Å²) in [6, 6.07) is 0. The van der Waals surface area contributed by atoms with Crippen LogP contribution >= 0.6 is 0 Å². The molecule has 0 aliphatic carbocycles. The number of nitrogen functional groups attached to an aromatic ring is 1. The lowest BCUT2D eigenvalue weighted by Gasteiger charge is -2.21. The van der Waals surface area contributed by atoms with Gasteiger partial charge in [-0.1, -0.05) is 0 Å². The van der Waals surface area contributed by atoms with Crippen LogP contribution in [0.3, 0.4) is 0 Å². The summed E-state index contributed by atoms with van der Waals surface area (Å²) in [5.41, 5.74) is 3.15. The number of halogens is 4. The Bertz CT molecular complexity index is 1200. The molecular weight excluding hydrogens is 420 g/mol. The Hall–Kier alpha value is -3.14. The fourth-order valence-corrected chi connectivity index (χ4v) is 3.16. The second-order valence-corrected chi connectivity index (χ2v) is 6.42. The van der Waals surface area contributed by atoms with E-state index in [1.54, 1.807) is 0 Å². The number of hydrogen-bond donors (Lipinski definition) is 5. The minimum absolute atomic E-state index is 0.147. The molecule has 1 aliphatic rings. The van der Waals surface area contributed by atoms with Gasteiger partial charge in [0.05, 0.1) is 6.33 Å². The van der Waals surface area contributed by atoms with Gasteiger partial charge in [-0.05, 0) is 0 Å². The molecule has 0 saturated carbocycles. The molecular formula is C15H12F4N6O5. The number of fused-ring (bicyclic) bond motifs is 1. The molecule has 4 rings (SSSR count). The molecule has 0 radical (unpaired) electrons. The Kier molecular flexibility index (Phi) is 4.69. The number of pyridine rings is 1. The largest absolute Gasteiger partial charge is 0.387 e. The van der Waals surface area contributed by atoms with Crippen molar-refractivity contribution in [3.05, 3.63) is 45.8 Å². The van der Waals surface area contributed by atoms with Crippen molar-refractivity contribution in [2.75, 3.05) is 5.73 Å². The van der Waals surface area contributed by atoms with Crippen LogP contribution in [0, 0.1) is 23.4 Å². The second-order valence-electron chi connectivity index (χ2n) is 6.42. The summed E-state index contributed by atoms with van der Waals surface area (Å²) in [6.45, 7) is 0. The van der Waals surface area contributed by atoms with E-state index in [1.807, 2.05) is 0 Å². The van der Waals surface area contributed by atoms with Gasteiger partial charge < -0.3 is 25.8 Å². The molecule has 0 amide bonds. The van der Waals surface area contributed by atoms with Gasteiger partial charge in [0.25, 0.3) is 11.5 Å². The number of aromatic nitrogens is 5. The smallest absolute Gasteiger partial charge is 0.280 e. The van der Waals surface area contributed by atoms with E-state index < -0.39 is 65.3 Å². The van der Waals surface area contributed by atoms with Crippen molar-refractivity contribution in [3.63, 3.8) is 0 Å². The van der Waals surface area contributed by atoms with Crippen LogP contribution in [0.2, 0.25) is 0 Å². The Morgan fingerprint density at radius 1 is 1.13 bits per heavy atom. The van der Waals surface area contributed by atoms with E-state index in [9.17, 15) is 37.7 Å². The Morgan fingerprint density at radius 3 is 2.53 bits per heavy atom. The molecule has 0 bridgehead atoms. The molecule has 4 heterocycles. The first-order valence-electron chi connectivity index (χ1n) is 8.23. The van der Waals surface area contributed by atoms with Crippen LogP contribution in [0.25, 0.3) is 11.2 Å². The topological polar surface area (TPSA) is 172 Å². The second kappa shape index (κ2) is 6.98. The number of imidazole rings is 1. The quantitative estimate of drug-likeness (QED) is 0.257. The summed E-state index contributed by atoms with van der Waals surface area (Å²) < 4.78 is 60.2. The van der Waals surface area contributed by atoms with Gasteiger partial charge in [0.2, 0.25) is 17.6 Å². The van der Waals surface area contributed by atoms with Gasteiger partial charge in [-0.2, -0.15) is 13.8 Å². The Morgan fingerprint density at radius 2 is 1.83 bits per heavy atom. The fourth-order valence-electron chi connectivity index (χ4n) is 3.16. The highest BCUT2D eigenvalue weighted by atomic mass is 19.2. The summed E-state index contributed by atoms with van der Waals surface area (Å²) in [4.78, 5) is 24.5. The number of aliphatic hydroxyl groups is 3. The third-order valence-electron chi connectivity index (χ3n) is 4.60. The number of H-pyrrole nitrogens is 1. The van der Waals surface area contributed by atoms with Crippen molar-refractivity contribution in [2.24, 2.45) is 0 Å². The average Bonchev–Trinajstić information content (AvgIpc) is 3.24. The molecule has 1 aliphatic heterocycles. The molecule has 11 nitrogen and oxygen atoms in total. The first kappa shape index (κ1) is 20.1. The molecule has 0 spiro atoms. The number of aliphatic hydroxyl groups excluding tert-OH is 3. The van der Waals surface area contributed by atoms with E-state index in [-0.39, 0.29) is 17.1 Å². The normalized spacial score (nSPS) is 25.2.